The summed E-state index contributed by atoms with van der Waals surface area (Å²) in [5.41, 5.74) is 6.64. The summed E-state index contributed by atoms with van der Waals surface area (Å²) in [6.07, 6.45) is 1.31. The minimum Gasteiger partial charge on any atom is -0.397 e. The topological polar surface area (TPSA) is 102 Å². The number of nitrogen functional groups attached to an aromatic ring is 1. The lowest BCUT2D eigenvalue weighted by molar-refractivity contribution is -0.143. The number of halogens is 4. The van der Waals surface area contributed by atoms with E-state index in [-0.39, 0.29) is 41.2 Å². The quantitative estimate of drug-likeness (QED) is 0.325. The summed E-state index contributed by atoms with van der Waals surface area (Å²) in [4.78, 5) is 48.8. The van der Waals surface area contributed by atoms with E-state index < -0.39 is 23.3 Å². The van der Waals surface area contributed by atoms with Crippen LogP contribution in [0.15, 0.2) is 40.9 Å². The molecule has 0 bridgehead atoms. The fraction of sp³-hybridized carbons (Fsp3) is 0.595. The third-order valence-electron chi connectivity index (χ3n) is 11.4. The number of nitrogens with one attached hydrogen (secondary N) is 1. The Morgan fingerprint density at radius 3 is 2.20 bits per heavy atom. The molecule has 0 saturated carbocycles. The number of anilines is 2. The van der Waals surface area contributed by atoms with E-state index in [0.717, 1.165) is 62.5 Å². The van der Waals surface area contributed by atoms with Gasteiger partial charge in [0.25, 0.3) is 0 Å². The highest BCUT2D eigenvalue weighted by Crippen LogP contribution is 2.39. The number of carbonyl (C=O) groups excluding carboxylic acids is 3. The molecule has 0 radical (unpaired) electrons. The van der Waals surface area contributed by atoms with E-state index in [0.29, 0.717) is 63.0 Å². The first-order chi connectivity index (χ1) is 23.9. The van der Waals surface area contributed by atoms with E-state index in [1.807, 2.05) is 34.1 Å². The number of fused-ring (bicyclic) bond motifs is 1. The first-order valence-corrected chi connectivity index (χ1v) is 18.7. The van der Waals surface area contributed by atoms with Gasteiger partial charge in [-0.3, -0.25) is 9.59 Å². The molecule has 50 heavy (non-hydrogen) atoms. The summed E-state index contributed by atoms with van der Waals surface area (Å²) in [7, 11) is 2.14. The highest BCUT2D eigenvalue weighted by Gasteiger charge is 2.38. The molecule has 3 N–H and O–H groups in total. The molecule has 3 fully saturated rings. The Bertz CT molecular complexity index is 1550. The summed E-state index contributed by atoms with van der Waals surface area (Å²) >= 11 is 3.18. The fourth-order valence-corrected chi connectivity index (χ4v) is 8.92. The zero-order chi connectivity index (χ0) is 35.6. The van der Waals surface area contributed by atoms with Crippen LogP contribution < -0.4 is 11.1 Å². The van der Waals surface area contributed by atoms with Gasteiger partial charge in [0.15, 0.2) is 0 Å². The number of amides is 4. The van der Waals surface area contributed by atoms with Crippen molar-refractivity contribution in [1.29, 1.82) is 0 Å². The normalized spacial score (nSPS) is 21.1. The molecule has 0 spiro atoms. The van der Waals surface area contributed by atoms with Gasteiger partial charge in [-0.15, -0.1) is 0 Å². The van der Waals surface area contributed by atoms with E-state index in [1.54, 1.807) is 4.90 Å². The van der Waals surface area contributed by atoms with Gasteiger partial charge in [-0.05, 0) is 129 Å². The van der Waals surface area contributed by atoms with Crippen molar-refractivity contribution >= 4 is 45.2 Å². The van der Waals surface area contributed by atoms with Gasteiger partial charge in [0.1, 0.15) is 0 Å². The molecule has 1 atom stereocenters. The van der Waals surface area contributed by atoms with Crippen LogP contribution in [0.3, 0.4) is 0 Å². The van der Waals surface area contributed by atoms with Crippen LogP contribution in [0.25, 0.3) is 0 Å². The van der Waals surface area contributed by atoms with Gasteiger partial charge in [0.2, 0.25) is 11.8 Å². The van der Waals surface area contributed by atoms with Crippen LogP contribution in [0.2, 0.25) is 0 Å². The van der Waals surface area contributed by atoms with E-state index >= 15 is 0 Å². The molecule has 2 aromatic carbocycles. The molecule has 3 saturated heterocycles. The molecule has 13 heteroatoms. The number of nitrogens with zero attached hydrogens (tertiary/aromatic N) is 4. The standard InChI is InChI=1S/C37H48BrF3N6O3/c1-44-13-6-25(7-14-44)26-8-15-46(16-9-26)35(49)28(20-24-21-30(37(39,40)41)34(42)31(38)22-24)23-33(48)45-17-11-29(12-18-45)47-19-10-27-4-2-3-5-32(27)43-36(47)50/h2-5,21-22,25-26,28-29H,6-20,23,42H2,1H3,(H,43,50)/t28-/m0/s1. The van der Waals surface area contributed by atoms with Crippen LogP contribution in [-0.4, -0.2) is 96.3 Å². The summed E-state index contributed by atoms with van der Waals surface area (Å²) in [6, 6.07) is 10.1. The lowest BCUT2D eigenvalue weighted by atomic mass is 9.78. The van der Waals surface area contributed by atoms with Crippen molar-refractivity contribution in [2.45, 2.75) is 70.0 Å². The maximum Gasteiger partial charge on any atom is 0.418 e. The number of likely N-dealkylation sites (tertiary alicyclic amines) is 3. The average molecular weight is 762 g/mol. The zero-order valence-corrected chi connectivity index (χ0v) is 30.3. The van der Waals surface area contributed by atoms with Gasteiger partial charge < -0.3 is 30.7 Å². The van der Waals surface area contributed by atoms with Crippen LogP contribution in [0.1, 0.15) is 61.6 Å². The van der Waals surface area contributed by atoms with E-state index in [2.05, 4.69) is 33.2 Å². The Morgan fingerprint density at radius 1 is 0.920 bits per heavy atom. The monoisotopic (exact) mass is 760 g/mol. The van der Waals surface area contributed by atoms with Gasteiger partial charge in [-0.2, -0.15) is 13.2 Å². The van der Waals surface area contributed by atoms with Crippen molar-refractivity contribution in [3.8, 4) is 0 Å². The Kier molecular flexibility index (Phi) is 11.3. The molecule has 4 aliphatic rings. The average Bonchev–Trinajstić information content (AvgIpc) is 3.27. The van der Waals surface area contributed by atoms with Gasteiger partial charge in [-0.25, -0.2) is 4.79 Å². The number of urea groups is 1. The maximum absolute atomic E-state index is 14.1. The number of carbonyl (C=O) groups is 3. The highest BCUT2D eigenvalue weighted by atomic mass is 79.9. The van der Waals surface area contributed by atoms with Crippen LogP contribution in [0, 0.1) is 17.8 Å². The molecule has 2 aromatic rings. The maximum atomic E-state index is 14.1. The predicted molar refractivity (Wildman–Crippen MR) is 190 cm³/mol. The van der Waals surface area contributed by atoms with Gasteiger partial charge in [-0.1, -0.05) is 18.2 Å². The highest BCUT2D eigenvalue weighted by molar-refractivity contribution is 9.10. The van der Waals surface area contributed by atoms with E-state index in [9.17, 15) is 27.6 Å². The number of para-hydroxylation sites is 1. The van der Waals surface area contributed by atoms with Crippen molar-refractivity contribution in [3.05, 3.63) is 57.6 Å². The number of piperidine rings is 3. The minimum absolute atomic E-state index is 0.00754. The van der Waals surface area contributed by atoms with Gasteiger partial charge >= 0.3 is 12.2 Å². The lowest BCUT2D eigenvalue weighted by Crippen LogP contribution is -2.50. The molecule has 0 unspecified atom stereocenters. The van der Waals surface area contributed by atoms with Crippen molar-refractivity contribution in [2.24, 2.45) is 17.8 Å². The number of rotatable bonds is 7. The zero-order valence-electron chi connectivity index (χ0n) is 28.7. The lowest BCUT2D eigenvalue weighted by Gasteiger charge is -2.40. The van der Waals surface area contributed by atoms with Crippen LogP contribution in [0.4, 0.5) is 29.3 Å². The molecule has 4 heterocycles. The second-order valence-corrected chi connectivity index (χ2v) is 15.4. The molecule has 4 aliphatic heterocycles. The Morgan fingerprint density at radius 2 is 1.54 bits per heavy atom. The Labute approximate surface area is 300 Å². The summed E-state index contributed by atoms with van der Waals surface area (Å²) in [5, 5.41) is 3.02. The molecule has 0 aliphatic carbocycles. The third-order valence-corrected chi connectivity index (χ3v) is 12.1. The van der Waals surface area contributed by atoms with Crippen molar-refractivity contribution < 1.29 is 27.6 Å². The van der Waals surface area contributed by atoms with Crippen LogP contribution in [0.5, 0.6) is 0 Å². The Balaban J connectivity index is 1.12. The smallest absolute Gasteiger partial charge is 0.397 e. The van der Waals surface area contributed by atoms with Crippen LogP contribution in [-0.2, 0) is 28.6 Å². The first kappa shape index (κ1) is 36.5. The summed E-state index contributed by atoms with van der Waals surface area (Å²) in [5.74, 6) is 0.00891. The first-order valence-electron chi connectivity index (χ1n) is 17.9. The number of hydrogen-bond donors (Lipinski definition) is 2. The SMILES string of the molecule is CN1CCC(C2CCN(C(=O)[C@H](CC(=O)N3CCC(N4CCc5ccccc5NC4=O)CC3)Cc3cc(Br)c(N)c(C(F)(F)F)c3)CC2)CC1. The molecular weight excluding hydrogens is 713 g/mol. The number of benzene rings is 2. The summed E-state index contributed by atoms with van der Waals surface area (Å²) < 4.78 is 41.7. The second-order valence-electron chi connectivity index (χ2n) is 14.6. The molecular formula is C37H48BrF3N6O3. The third kappa shape index (κ3) is 8.41. The fourth-order valence-electron chi connectivity index (χ4n) is 8.41. The van der Waals surface area contributed by atoms with Crippen LogP contribution >= 0.6 is 15.9 Å². The minimum atomic E-state index is -4.66. The van der Waals surface area contributed by atoms with E-state index in [1.165, 1.54) is 6.07 Å². The Hall–Kier alpha value is -3.32. The summed E-state index contributed by atoms with van der Waals surface area (Å²) in [6.45, 7) is 4.82. The molecule has 6 rings (SSSR count). The van der Waals surface area contributed by atoms with Crippen molar-refractivity contribution in [3.63, 3.8) is 0 Å². The second kappa shape index (κ2) is 15.5. The number of alkyl halides is 3. The van der Waals surface area contributed by atoms with E-state index in [4.69, 9.17) is 5.73 Å². The number of hydrogen-bond acceptors (Lipinski definition) is 5. The molecule has 9 nitrogen and oxygen atoms in total. The van der Waals surface area contributed by atoms with Gasteiger partial charge in [0.05, 0.1) is 17.2 Å². The molecule has 272 valence electrons. The van der Waals surface area contributed by atoms with Crippen molar-refractivity contribution in [2.75, 3.05) is 63.9 Å². The molecule has 4 amide bonds. The van der Waals surface area contributed by atoms with Crippen molar-refractivity contribution in [1.82, 2.24) is 19.6 Å². The van der Waals surface area contributed by atoms with Gasteiger partial charge in [0, 0.05) is 55.3 Å². The number of nitrogens with two attached hydrogens (primary N) is 1. The largest absolute Gasteiger partial charge is 0.418 e. The molecule has 0 aromatic heterocycles. The predicted octanol–water partition coefficient (Wildman–Crippen LogP) is 6.26.